The molecule has 1 aliphatic rings. The van der Waals surface area contributed by atoms with Gasteiger partial charge in [-0.3, -0.25) is 0 Å². The second-order valence-corrected chi connectivity index (χ2v) is 13.7. The summed E-state index contributed by atoms with van der Waals surface area (Å²) in [5.74, 6) is 0.235. The highest BCUT2D eigenvalue weighted by Gasteiger charge is 2.45. The lowest BCUT2D eigenvalue weighted by Gasteiger charge is -2.48. The molecule has 0 aromatic carbocycles. The predicted octanol–water partition coefficient (Wildman–Crippen LogP) is 4.37. The first-order chi connectivity index (χ1) is 12.7. The molecule has 8 nitrogen and oxygen atoms in total. The number of hydrogen-bond donors (Lipinski definition) is 2. The van der Waals surface area contributed by atoms with Crippen molar-refractivity contribution in [1.29, 1.82) is 0 Å². The molecule has 0 heterocycles. The lowest BCUT2D eigenvalue weighted by molar-refractivity contribution is -0.0375. The maximum Gasteiger partial charge on any atom is 0.407 e. The van der Waals surface area contributed by atoms with Crippen molar-refractivity contribution in [2.24, 2.45) is 17.0 Å². The molecule has 28 heavy (non-hydrogen) atoms. The Bertz CT molecular complexity index is 575. The first-order valence-electron chi connectivity index (χ1n) is 9.73. The molecule has 0 unspecified atom stereocenters. The average molecular weight is 419 g/mol. The molecule has 9 heteroatoms. The van der Waals surface area contributed by atoms with Gasteiger partial charge in [-0.15, -0.1) is 10.3 Å². The van der Waals surface area contributed by atoms with Crippen molar-refractivity contribution in [3.63, 3.8) is 0 Å². The Balaban J connectivity index is 3.14. The summed E-state index contributed by atoms with van der Waals surface area (Å²) in [6.07, 6.45) is 4.20. The number of hydrogen-bond acceptors (Lipinski definition) is 5. The molecule has 1 saturated carbocycles. The van der Waals surface area contributed by atoms with E-state index in [2.05, 4.69) is 48.6 Å². The molecule has 1 rings (SSSR count). The van der Waals surface area contributed by atoms with Gasteiger partial charge in [-0.1, -0.05) is 25.9 Å². The van der Waals surface area contributed by atoms with Gasteiger partial charge in [0, 0.05) is 21.7 Å². The quantitative estimate of drug-likeness (QED) is 0.328. The van der Waals surface area contributed by atoms with E-state index in [9.17, 15) is 9.90 Å². The monoisotopic (exact) mass is 418 g/mol. The van der Waals surface area contributed by atoms with Gasteiger partial charge in [-0.05, 0) is 63.5 Å². The number of aliphatic hydroxyl groups is 1. The molecule has 1 amide bonds. The first-order valence-corrected chi connectivity index (χ1v) is 12.1. The fourth-order valence-electron chi connectivity index (χ4n) is 2.69. The van der Waals surface area contributed by atoms with Gasteiger partial charge in [-0.25, -0.2) is 4.79 Å². The van der Waals surface area contributed by atoms with Crippen LogP contribution in [0, 0.1) is 11.8 Å². The van der Waals surface area contributed by atoms with Gasteiger partial charge in [0.25, 0.3) is 0 Å². The summed E-state index contributed by atoms with van der Waals surface area (Å²) >= 11 is 0. The van der Waals surface area contributed by atoms with Crippen molar-refractivity contribution in [3.05, 3.63) is 10.4 Å². The minimum absolute atomic E-state index is 0.106. The standard InChI is InChI=1S/C19H38N4O4S/c1-18(2,3)22-17(25)26-15(12-24)16(27-28(7,8)19(4,5)6)14(11-21-23-20)13-9-10-13/h13-16,24H,9-12H2,1-8H3,(H,22,25)/t14-,15-,16-/m1/s1. The molecule has 0 aliphatic heterocycles. The molecule has 0 aromatic rings. The van der Waals surface area contributed by atoms with Crippen LogP contribution in [0.3, 0.4) is 0 Å². The summed E-state index contributed by atoms with van der Waals surface area (Å²) in [7, 11) is -1.56. The second-order valence-electron chi connectivity index (χ2n) is 9.82. The highest BCUT2D eigenvalue weighted by Crippen LogP contribution is 2.56. The number of amides is 1. The van der Waals surface area contributed by atoms with Crippen LogP contribution in [-0.2, 0) is 8.92 Å². The van der Waals surface area contributed by atoms with Gasteiger partial charge in [-0.2, -0.15) is 0 Å². The molecule has 0 saturated heterocycles. The Hall–Kier alpha value is -1.15. The van der Waals surface area contributed by atoms with Crippen LogP contribution in [0.4, 0.5) is 4.79 Å². The van der Waals surface area contributed by atoms with Crippen molar-refractivity contribution in [2.75, 3.05) is 25.7 Å². The Morgan fingerprint density at radius 1 is 1.29 bits per heavy atom. The zero-order valence-corrected chi connectivity index (χ0v) is 19.4. The van der Waals surface area contributed by atoms with E-state index in [0.29, 0.717) is 5.92 Å². The number of aliphatic hydroxyl groups excluding tert-OH is 1. The first kappa shape index (κ1) is 24.9. The molecule has 0 bridgehead atoms. The number of azide groups is 1. The number of nitrogens with one attached hydrogen (secondary N) is 1. The van der Waals surface area contributed by atoms with Crippen molar-refractivity contribution in [3.8, 4) is 0 Å². The lowest BCUT2D eigenvalue weighted by Crippen LogP contribution is -2.49. The Morgan fingerprint density at radius 3 is 2.25 bits per heavy atom. The SMILES string of the molecule is CC(C)(C)NC(=O)O[C@H](CO)[C@H](OS(C)(C)C(C)(C)C)[C@H](CN=[N+]=[N-])C1CC1. The summed E-state index contributed by atoms with van der Waals surface area (Å²) in [4.78, 5) is 15.2. The average Bonchev–Trinajstić information content (AvgIpc) is 3.33. The minimum atomic E-state index is -1.56. The largest absolute Gasteiger partial charge is 0.441 e. The van der Waals surface area contributed by atoms with Crippen LogP contribution < -0.4 is 5.32 Å². The smallest absolute Gasteiger partial charge is 0.407 e. The van der Waals surface area contributed by atoms with E-state index in [1.54, 1.807) is 0 Å². The highest BCUT2D eigenvalue weighted by atomic mass is 32.3. The van der Waals surface area contributed by atoms with Crippen LogP contribution in [0.5, 0.6) is 0 Å². The number of carbonyl (C=O) groups is 1. The van der Waals surface area contributed by atoms with Gasteiger partial charge >= 0.3 is 6.09 Å². The van der Waals surface area contributed by atoms with Crippen molar-refractivity contribution >= 4 is 16.4 Å². The molecule has 1 aliphatic carbocycles. The highest BCUT2D eigenvalue weighted by molar-refractivity contribution is 8.29. The fraction of sp³-hybridized carbons (Fsp3) is 0.947. The number of carbonyl (C=O) groups excluding carboxylic acids is 1. The molecule has 0 aromatic heterocycles. The number of rotatable bonds is 9. The third-order valence-electron chi connectivity index (χ3n) is 5.11. The van der Waals surface area contributed by atoms with E-state index >= 15 is 0 Å². The van der Waals surface area contributed by atoms with E-state index in [1.165, 1.54) is 0 Å². The van der Waals surface area contributed by atoms with Gasteiger partial charge in [0.15, 0.2) is 6.10 Å². The predicted molar refractivity (Wildman–Crippen MR) is 115 cm³/mol. The van der Waals surface area contributed by atoms with E-state index in [-0.39, 0.29) is 23.8 Å². The van der Waals surface area contributed by atoms with Crippen LogP contribution in [0.25, 0.3) is 10.4 Å². The topological polar surface area (TPSA) is 117 Å². The van der Waals surface area contributed by atoms with Crippen LogP contribution in [-0.4, -0.2) is 59.4 Å². The van der Waals surface area contributed by atoms with Crippen molar-refractivity contribution < 1.29 is 18.8 Å². The Kier molecular flexibility index (Phi) is 8.50. The minimum Gasteiger partial charge on any atom is -0.441 e. The summed E-state index contributed by atoms with van der Waals surface area (Å²) in [6, 6.07) is 0. The molecule has 3 atom stereocenters. The molecule has 0 spiro atoms. The summed E-state index contributed by atoms with van der Waals surface area (Å²) < 4.78 is 12.1. The normalized spacial score (nSPS) is 19.2. The number of ether oxygens (including phenoxy) is 1. The Labute approximate surface area is 170 Å². The van der Waals surface area contributed by atoms with Crippen molar-refractivity contribution in [2.45, 2.75) is 76.9 Å². The zero-order chi connectivity index (χ0) is 21.8. The molecule has 0 radical (unpaired) electrons. The van der Waals surface area contributed by atoms with Gasteiger partial charge < -0.3 is 19.3 Å². The van der Waals surface area contributed by atoms with E-state index < -0.39 is 34.1 Å². The molecular formula is C19H38N4O4S. The maximum atomic E-state index is 12.3. The van der Waals surface area contributed by atoms with E-state index in [0.717, 1.165) is 12.8 Å². The molecular weight excluding hydrogens is 380 g/mol. The second kappa shape index (κ2) is 9.57. The maximum absolute atomic E-state index is 12.3. The van der Waals surface area contributed by atoms with Crippen LogP contribution in [0.1, 0.15) is 54.4 Å². The van der Waals surface area contributed by atoms with Gasteiger partial charge in [0.1, 0.15) is 6.10 Å². The number of alkyl carbamates (subject to hydrolysis) is 1. The van der Waals surface area contributed by atoms with Crippen LogP contribution in [0.2, 0.25) is 0 Å². The van der Waals surface area contributed by atoms with Gasteiger partial charge in [0.2, 0.25) is 0 Å². The van der Waals surface area contributed by atoms with Crippen molar-refractivity contribution in [1.82, 2.24) is 5.32 Å². The van der Waals surface area contributed by atoms with Crippen LogP contribution in [0.15, 0.2) is 5.11 Å². The summed E-state index contributed by atoms with van der Waals surface area (Å²) in [5.41, 5.74) is 8.35. The third-order valence-corrected chi connectivity index (χ3v) is 8.77. The summed E-state index contributed by atoms with van der Waals surface area (Å²) in [5, 5.41) is 16.6. The summed E-state index contributed by atoms with van der Waals surface area (Å²) in [6.45, 7) is 11.8. The zero-order valence-electron chi connectivity index (χ0n) is 18.6. The van der Waals surface area contributed by atoms with Crippen LogP contribution >= 0.6 is 10.3 Å². The van der Waals surface area contributed by atoms with E-state index in [1.807, 2.05) is 20.8 Å². The lowest BCUT2D eigenvalue weighted by atomic mass is 9.93. The third kappa shape index (κ3) is 7.70. The molecule has 1 fully saturated rings. The number of nitrogens with zero attached hydrogens (tertiary/aromatic N) is 3. The Morgan fingerprint density at radius 2 is 1.86 bits per heavy atom. The fourth-order valence-corrected chi connectivity index (χ4v) is 3.80. The van der Waals surface area contributed by atoms with E-state index in [4.69, 9.17) is 14.5 Å². The molecule has 2 N–H and O–H groups in total. The van der Waals surface area contributed by atoms with Gasteiger partial charge in [0.05, 0.1) is 6.61 Å². The molecule has 164 valence electrons.